The summed E-state index contributed by atoms with van der Waals surface area (Å²) in [4.78, 5) is 24.4. The Bertz CT molecular complexity index is 831. The van der Waals surface area contributed by atoms with Gasteiger partial charge in [0.25, 0.3) is 0 Å². The van der Waals surface area contributed by atoms with Gasteiger partial charge in [-0.25, -0.2) is 0 Å². The van der Waals surface area contributed by atoms with E-state index >= 15 is 0 Å². The molecule has 0 spiro atoms. The molecule has 0 atom stereocenters. The van der Waals surface area contributed by atoms with Crippen LogP contribution in [0.4, 0.5) is 0 Å². The van der Waals surface area contributed by atoms with Gasteiger partial charge >= 0.3 is 5.97 Å². The normalized spacial score (nSPS) is 10.5. The van der Waals surface area contributed by atoms with Crippen LogP contribution in [0, 0.1) is 0 Å². The molecule has 3 nitrogen and oxygen atoms in total. The smallest absolute Gasteiger partial charge is 0.308 e. The average molecular weight is 330 g/mol. The van der Waals surface area contributed by atoms with E-state index in [1.165, 1.54) is 6.92 Å². The van der Waals surface area contributed by atoms with Crippen LogP contribution in [0.5, 0.6) is 5.75 Å². The van der Waals surface area contributed by atoms with Gasteiger partial charge in [0.2, 0.25) is 0 Å². The molecule has 0 amide bonds. The van der Waals surface area contributed by atoms with Crippen molar-refractivity contribution in [1.82, 2.24) is 0 Å². The lowest BCUT2D eigenvalue weighted by molar-refractivity contribution is -0.131. The first kappa shape index (κ1) is 16.7. The van der Waals surface area contributed by atoms with E-state index in [0.29, 0.717) is 11.3 Å². The van der Waals surface area contributed by atoms with E-state index in [2.05, 4.69) is 0 Å². The zero-order valence-corrected chi connectivity index (χ0v) is 13.9. The third-order valence-corrected chi connectivity index (χ3v) is 3.91. The Kier molecular flexibility index (Phi) is 5.05. The SMILES string of the molecule is CC(=O)Oc1cccc(C(=O)C(c2ccccc2)c2ccccc2)c1. The predicted molar refractivity (Wildman–Crippen MR) is 96.8 cm³/mol. The molecule has 25 heavy (non-hydrogen) atoms. The van der Waals surface area contributed by atoms with Gasteiger partial charge in [0.05, 0.1) is 5.92 Å². The monoisotopic (exact) mass is 330 g/mol. The number of carbonyl (C=O) groups is 2. The highest BCUT2D eigenvalue weighted by atomic mass is 16.5. The van der Waals surface area contributed by atoms with Crippen molar-refractivity contribution in [3.8, 4) is 5.75 Å². The number of carbonyl (C=O) groups excluding carboxylic acids is 2. The van der Waals surface area contributed by atoms with Crippen molar-refractivity contribution in [2.24, 2.45) is 0 Å². The van der Waals surface area contributed by atoms with E-state index in [1.807, 2.05) is 60.7 Å². The third kappa shape index (κ3) is 4.01. The first-order valence-electron chi connectivity index (χ1n) is 8.08. The Morgan fingerprint density at radius 3 is 1.84 bits per heavy atom. The summed E-state index contributed by atoms with van der Waals surface area (Å²) in [5, 5.41) is 0. The average Bonchev–Trinajstić information content (AvgIpc) is 2.63. The molecule has 0 saturated heterocycles. The number of rotatable bonds is 5. The second-order valence-corrected chi connectivity index (χ2v) is 5.74. The van der Waals surface area contributed by atoms with Gasteiger partial charge in [-0.3, -0.25) is 9.59 Å². The summed E-state index contributed by atoms with van der Waals surface area (Å²) >= 11 is 0. The standard InChI is InChI=1S/C22H18O3/c1-16(23)25-20-14-8-13-19(15-20)22(24)21(17-9-4-2-5-10-17)18-11-6-3-7-12-18/h2-15,21H,1H3. The van der Waals surface area contributed by atoms with Crippen molar-refractivity contribution in [2.75, 3.05) is 0 Å². The van der Waals surface area contributed by atoms with E-state index < -0.39 is 11.9 Å². The summed E-state index contributed by atoms with van der Waals surface area (Å²) in [6.45, 7) is 1.34. The van der Waals surface area contributed by atoms with Crippen LogP contribution in [0.15, 0.2) is 84.9 Å². The minimum Gasteiger partial charge on any atom is -0.427 e. The topological polar surface area (TPSA) is 43.4 Å². The van der Waals surface area contributed by atoms with Gasteiger partial charge in [-0.2, -0.15) is 0 Å². The van der Waals surface area contributed by atoms with E-state index in [0.717, 1.165) is 11.1 Å². The number of esters is 1. The quantitative estimate of drug-likeness (QED) is 0.389. The van der Waals surface area contributed by atoms with Crippen LogP contribution in [0.2, 0.25) is 0 Å². The van der Waals surface area contributed by atoms with Crippen molar-refractivity contribution >= 4 is 11.8 Å². The zero-order valence-electron chi connectivity index (χ0n) is 13.9. The number of ketones is 1. The van der Waals surface area contributed by atoms with Crippen LogP contribution in [0.3, 0.4) is 0 Å². The molecule has 0 aliphatic rings. The number of benzene rings is 3. The van der Waals surface area contributed by atoms with Crippen LogP contribution in [-0.2, 0) is 4.79 Å². The molecule has 0 N–H and O–H groups in total. The molecule has 3 rings (SSSR count). The Hall–Kier alpha value is -3.20. The lowest BCUT2D eigenvalue weighted by Crippen LogP contribution is -2.15. The summed E-state index contributed by atoms with van der Waals surface area (Å²) in [5.74, 6) is -0.480. The highest BCUT2D eigenvalue weighted by Gasteiger charge is 2.24. The maximum atomic E-state index is 13.2. The summed E-state index contributed by atoms with van der Waals surface area (Å²) in [6.07, 6.45) is 0. The van der Waals surface area contributed by atoms with Crippen molar-refractivity contribution in [2.45, 2.75) is 12.8 Å². The van der Waals surface area contributed by atoms with Gasteiger partial charge in [0.15, 0.2) is 5.78 Å². The highest BCUT2D eigenvalue weighted by molar-refractivity contribution is 6.03. The molecule has 0 aromatic heterocycles. The zero-order chi connectivity index (χ0) is 17.6. The second kappa shape index (κ2) is 7.58. The highest BCUT2D eigenvalue weighted by Crippen LogP contribution is 2.29. The second-order valence-electron chi connectivity index (χ2n) is 5.74. The Labute approximate surface area is 146 Å². The molecule has 0 bridgehead atoms. The van der Waals surface area contributed by atoms with Gasteiger partial charge in [-0.1, -0.05) is 72.8 Å². The predicted octanol–water partition coefficient (Wildman–Crippen LogP) is 4.63. The van der Waals surface area contributed by atoms with Crippen LogP contribution >= 0.6 is 0 Å². The van der Waals surface area contributed by atoms with E-state index in [9.17, 15) is 9.59 Å². The molecule has 0 heterocycles. The van der Waals surface area contributed by atoms with Crippen LogP contribution in [0.25, 0.3) is 0 Å². The molecule has 0 saturated carbocycles. The Morgan fingerprint density at radius 2 is 1.32 bits per heavy atom. The van der Waals surface area contributed by atoms with Gasteiger partial charge in [0, 0.05) is 12.5 Å². The van der Waals surface area contributed by atoms with Gasteiger partial charge in [-0.15, -0.1) is 0 Å². The molecule has 3 aromatic rings. The van der Waals surface area contributed by atoms with Crippen molar-refractivity contribution in [3.63, 3.8) is 0 Å². The van der Waals surface area contributed by atoms with Gasteiger partial charge in [0.1, 0.15) is 5.75 Å². The summed E-state index contributed by atoms with van der Waals surface area (Å²) in [7, 11) is 0. The molecule has 0 unspecified atom stereocenters. The molecule has 124 valence electrons. The fourth-order valence-corrected chi connectivity index (χ4v) is 2.83. The van der Waals surface area contributed by atoms with Crippen LogP contribution < -0.4 is 4.74 Å². The molecular weight excluding hydrogens is 312 g/mol. The van der Waals surface area contributed by atoms with E-state index in [4.69, 9.17) is 4.74 Å². The summed E-state index contributed by atoms with van der Waals surface area (Å²) in [6, 6.07) is 26.1. The molecule has 3 heteroatoms. The first-order valence-corrected chi connectivity index (χ1v) is 8.08. The van der Waals surface area contributed by atoms with E-state index in [-0.39, 0.29) is 5.78 Å². The van der Waals surface area contributed by atoms with Crippen LogP contribution in [0.1, 0.15) is 34.3 Å². The molecule has 0 aliphatic carbocycles. The number of ether oxygens (including phenoxy) is 1. The largest absolute Gasteiger partial charge is 0.427 e. The molecular formula is C22H18O3. The lowest BCUT2D eigenvalue weighted by atomic mass is 9.85. The fourth-order valence-electron chi connectivity index (χ4n) is 2.83. The number of hydrogen-bond donors (Lipinski definition) is 0. The molecule has 0 fully saturated rings. The Morgan fingerprint density at radius 1 is 0.760 bits per heavy atom. The number of Topliss-reactive ketones (excluding diaryl/α,β-unsaturated/α-hetero) is 1. The van der Waals surface area contributed by atoms with E-state index in [1.54, 1.807) is 24.3 Å². The maximum Gasteiger partial charge on any atom is 0.308 e. The molecule has 3 aromatic carbocycles. The van der Waals surface area contributed by atoms with Crippen molar-refractivity contribution < 1.29 is 14.3 Å². The fraction of sp³-hybridized carbons (Fsp3) is 0.0909. The van der Waals surface area contributed by atoms with Gasteiger partial charge in [-0.05, 0) is 23.3 Å². The first-order chi connectivity index (χ1) is 12.1. The summed E-state index contributed by atoms with van der Waals surface area (Å²) < 4.78 is 5.11. The summed E-state index contributed by atoms with van der Waals surface area (Å²) in [5.41, 5.74) is 2.37. The van der Waals surface area contributed by atoms with Crippen molar-refractivity contribution in [3.05, 3.63) is 102 Å². The molecule has 0 radical (unpaired) electrons. The minimum atomic E-state index is -0.410. The van der Waals surface area contributed by atoms with Crippen LogP contribution in [-0.4, -0.2) is 11.8 Å². The lowest BCUT2D eigenvalue weighted by Gasteiger charge is -2.17. The maximum absolute atomic E-state index is 13.2. The minimum absolute atomic E-state index is 0.0357. The number of hydrogen-bond acceptors (Lipinski definition) is 3. The Balaban J connectivity index is 2.02. The third-order valence-electron chi connectivity index (χ3n) is 3.91. The molecule has 0 aliphatic heterocycles. The van der Waals surface area contributed by atoms with Crippen molar-refractivity contribution in [1.29, 1.82) is 0 Å². The van der Waals surface area contributed by atoms with Gasteiger partial charge < -0.3 is 4.74 Å².